The monoisotopic (exact) mass is 1100 g/mol. The molecule has 7 heteroatoms. The van der Waals surface area contributed by atoms with Gasteiger partial charge in [-0.2, -0.15) is 0 Å². The predicted molar refractivity (Wildman–Crippen MR) is 348 cm³/mol. The van der Waals surface area contributed by atoms with Crippen molar-refractivity contribution >= 4 is 84.5 Å². The van der Waals surface area contributed by atoms with Crippen molar-refractivity contribution in [2.24, 2.45) is 0 Å². The number of nitrogens with zero attached hydrogens (tertiary/aromatic N) is 6. The van der Waals surface area contributed by atoms with Gasteiger partial charge in [0.05, 0.1) is 33.6 Å². The Morgan fingerprint density at radius 3 is 1.12 bits per heavy atom. The number of rotatable bonds is 8. The van der Waals surface area contributed by atoms with Crippen LogP contribution in [0.4, 0.5) is 34.1 Å². The molecule has 398 valence electrons. The molecular formula is C78H52N6Si. The van der Waals surface area contributed by atoms with Gasteiger partial charge in [-0.15, -0.1) is 0 Å². The molecule has 0 bridgehead atoms. The van der Waals surface area contributed by atoms with Gasteiger partial charge in [-0.3, -0.25) is 19.9 Å². The topological polar surface area (TPSA) is 58.0 Å². The average molecular weight is 1100 g/mol. The second kappa shape index (κ2) is 19.1. The fourth-order valence-corrected chi connectivity index (χ4v) is 20.4. The van der Waals surface area contributed by atoms with Crippen LogP contribution < -0.4 is 30.5 Å². The van der Waals surface area contributed by atoms with Gasteiger partial charge in [0.2, 0.25) is 0 Å². The zero-order valence-electron chi connectivity index (χ0n) is 46.2. The Morgan fingerprint density at radius 2 is 0.671 bits per heavy atom. The highest BCUT2D eigenvalue weighted by Gasteiger charge is 2.53. The summed E-state index contributed by atoms with van der Waals surface area (Å²) in [7, 11) is -2.94. The van der Waals surface area contributed by atoms with E-state index >= 15 is 0 Å². The molecule has 10 aromatic carbocycles. The molecule has 14 aromatic rings. The van der Waals surface area contributed by atoms with Crippen LogP contribution in [0.3, 0.4) is 0 Å². The summed E-state index contributed by atoms with van der Waals surface area (Å²) in [6.07, 6.45) is 15.6. The molecule has 3 aliphatic rings. The zero-order valence-corrected chi connectivity index (χ0v) is 47.2. The van der Waals surface area contributed by atoms with Crippen LogP contribution >= 0.6 is 0 Å². The minimum Gasteiger partial charge on any atom is -0.310 e. The SMILES string of the molecule is c1ccc([Si]2(c3ccccc3)c3ccccc3-c3cc4c(cc32)N(c2ccc3cc5cc(N6c7ccccc7C(c7cccnc7)(c7cccnc7)c7ccccc76)ccc5cc3c2)c2ccccc2C4(c2cccnc2)c2cccnc2)cc1. The third-order valence-corrected chi connectivity index (χ3v) is 23.4. The fraction of sp³-hybridized carbons (Fsp3) is 0.0256. The van der Waals surface area contributed by atoms with Gasteiger partial charge in [0.1, 0.15) is 0 Å². The lowest BCUT2D eigenvalue weighted by atomic mass is 9.62. The minimum absolute atomic E-state index is 0.661. The average Bonchev–Trinajstić information content (AvgIpc) is 1.84. The van der Waals surface area contributed by atoms with Crippen molar-refractivity contribution in [1.82, 2.24) is 19.9 Å². The molecule has 0 saturated carbocycles. The van der Waals surface area contributed by atoms with Gasteiger partial charge in [0.15, 0.2) is 8.07 Å². The highest BCUT2D eigenvalue weighted by atomic mass is 28.3. The number of hydrogen-bond acceptors (Lipinski definition) is 6. The standard InChI is InChI=1S/C78H52N6Si/c1-3-23-63(24-4-1)85(64-25-5-2-6-26-64)75-34-14-7-27-65(75)66-47-70-74(48-76(66)85)84(73-33-13-10-30-69(73)78(70,59-21-17-41-81-51-59)60-22-18-42-82-52-60)62-38-36-54-43-55-45-61(37-35-53(55)44-56(54)46-62)83-71-31-11-8-28-67(71)77(57-19-15-39-79-49-57,58-20-16-40-80-50-58)68-29-9-12-32-72(68)83/h1-52H. The minimum atomic E-state index is -2.94. The van der Waals surface area contributed by atoms with Gasteiger partial charge >= 0.3 is 0 Å². The Labute approximate surface area is 494 Å². The Hall–Kier alpha value is -10.9. The van der Waals surface area contributed by atoms with E-state index in [1.54, 1.807) is 0 Å². The van der Waals surface area contributed by atoms with Gasteiger partial charge in [0.25, 0.3) is 0 Å². The molecule has 0 aliphatic carbocycles. The maximum atomic E-state index is 4.87. The number of anilines is 6. The van der Waals surface area contributed by atoms with Crippen molar-refractivity contribution in [3.8, 4) is 11.1 Å². The van der Waals surface area contributed by atoms with Crippen molar-refractivity contribution in [3.63, 3.8) is 0 Å². The van der Waals surface area contributed by atoms with E-state index in [2.05, 4.69) is 277 Å². The van der Waals surface area contributed by atoms with E-state index in [-0.39, 0.29) is 0 Å². The molecule has 3 aliphatic heterocycles. The molecule has 0 saturated heterocycles. The summed E-state index contributed by atoms with van der Waals surface area (Å²) in [6.45, 7) is 0. The van der Waals surface area contributed by atoms with Crippen LogP contribution in [0.25, 0.3) is 32.7 Å². The summed E-state index contributed by atoms with van der Waals surface area (Å²) in [5.41, 5.74) is 16.7. The molecule has 6 nitrogen and oxygen atoms in total. The van der Waals surface area contributed by atoms with Crippen LogP contribution in [-0.4, -0.2) is 28.0 Å². The molecule has 0 atom stereocenters. The van der Waals surface area contributed by atoms with E-state index in [1.807, 2.05) is 49.3 Å². The largest absolute Gasteiger partial charge is 0.310 e. The van der Waals surface area contributed by atoms with Crippen LogP contribution in [0.5, 0.6) is 0 Å². The third kappa shape index (κ3) is 6.93. The number of pyridine rings is 4. The smallest absolute Gasteiger partial charge is 0.180 e. The second-order valence-corrected chi connectivity index (χ2v) is 26.3. The van der Waals surface area contributed by atoms with Gasteiger partial charge in [-0.25, -0.2) is 0 Å². The van der Waals surface area contributed by atoms with E-state index < -0.39 is 18.9 Å². The summed E-state index contributed by atoms with van der Waals surface area (Å²) in [4.78, 5) is 24.1. The highest BCUT2D eigenvalue weighted by Crippen LogP contribution is 2.60. The Balaban J connectivity index is 0.873. The molecule has 85 heavy (non-hydrogen) atoms. The first-order valence-corrected chi connectivity index (χ1v) is 31.0. The fourth-order valence-electron chi connectivity index (χ4n) is 15.2. The van der Waals surface area contributed by atoms with Crippen LogP contribution in [-0.2, 0) is 10.8 Å². The molecule has 0 spiro atoms. The Bertz CT molecular complexity index is 4740. The van der Waals surface area contributed by atoms with Crippen molar-refractivity contribution in [2.75, 3.05) is 9.80 Å². The molecule has 0 fully saturated rings. The molecule has 7 heterocycles. The van der Waals surface area contributed by atoms with Crippen molar-refractivity contribution in [2.45, 2.75) is 10.8 Å². The number of benzene rings is 10. The van der Waals surface area contributed by atoms with Crippen molar-refractivity contribution in [1.29, 1.82) is 0 Å². The number of hydrogen-bond donors (Lipinski definition) is 0. The quantitative estimate of drug-likeness (QED) is 0.112. The van der Waals surface area contributed by atoms with E-state index in [0.717, 1.165) is 83.5 Å². The predicted octanol–water partition coefficient (Wildman–Crippen LogP) is 15.3. The van der Waals surface area contributed by atoms with Crippen LogP contribution in [0, 0.1) is 0 Å². The van der Waals surface area contributed by atoms with Gasteiger partial charge < -0.3 is 9.80 Å². The second-order valence-electron chi connectivity index (χ2n) is 22.5. The van der Waals surface area contributed by atoms with E-state index in [1.165, 1.54) is 48.6 Å². The number of fused-ring (bicyclic) bond motifs is 9. The summed E-state index contributed by atoms with van der Waals surface area (Å²) < 4.78 is 0. The number of aromatic nitrogens is 4. The van der Waals surface area contributed by atoms with Crippen molar-refractivity contribution < 1.29 is 0 Å². The van der Waals surface area contributed by atoms with Crippen LogP contribution in [0.15, 0.2) is 316 Å². The first kappa shape index (κ1) is 48.8. The van der Waals surface area contributed by atoms with Crippen molar-refractivity contribution in [3.05, 3.63) is 361 Å². The lowest BCUT2D eigenvalue weighted by molar-refractivity contribution is 0.722. The first-order chi connectivity index (χ1) is 42.2. The molecule has 0 N–H and O–H groups in total. The van der Waals surface area contributed by atoms with Crippen LogP contribution in [0.2, 0.25) is 0 Å². The van der Waals surface area contributed by atoms with Crippen LogP contribution in [0.1, 0.15) is 44.5 Å². The summed E-state index contributed by atoms with van der Waals surface area (Å²) in [6, 6.07) is 99.5. The maximum absolute atomic E-state index is 4.87. The first-order valence-electron chi connectivity index (χ1n) is 29.0. The Kier molecular flexibility index (Phi) is 11.0. The lowest BCUT2D eigenvalue weighted by Gasteiger charge is -2.47. The lowest BCUT2D eigenvalue weighted by Crippen LogP contribution is -2.72. The summed E-state index contributed by atoms with van der Waals surface area (Å²) >= 11 is 0. The molecule has 0 unspecified atom stereocenters. The Morgan fingerprint density at radius 1 is 0.271 bits per heavy atom. The van der Waals surface area contributed by atoms with E-state index in [4.69, 9.17) is 19.9 Å². The zero-order chi connectivity index (χ0) is 56.1. The number of para-hydroxylation sites is 3. The third-order valence-electron chi connectivity index (χ3n) is 18.5. The molecule has 0 radical (unpaired) electrons. The molecule has 17 rings (SSSR count). The molecule has 4 aromatic heterocycles. The van der Waals surface area contributed by atoms with Gasteiger partial charge in [-0.05, 0) is 189 Å². The highest BCUT2D eigenvalue weighted by molar-refractivity contribution is 7.22. The maximum Gasteiger partial charge on any atom is 0.180 e. The van der Waals surface area contributed by atoms with Gasteiger partial charge in [0, 0.05) is 60.9 Å². The van der Waals surface area contributed by atoms with E-state index in [0.29, 0.717) is 0 Å². The summed E-state index contributed by atoms with van der Waals surface area (Å²) in [5, 5.41) is 10.1. The molecule has 0 amide bonds. The molecular weight excluding hydrogens is 1050 g/mol. The van der Waals surface area contributed by atoms with E-state index in [9.17, 15) is 0 Å². The normalized spacial score (nSPS) is 14.6. The van der Waals surface area contributed by atoms with Gasteiger partial charge in [-0.1, -0.05) is 176 Å². The summed E-state index contributed by atoms with van der Waals surface area (Å²) in [5.74, 6) is 0.